The van der Waals surface area contributed by atoms with E-state index in [1.54, 1.807) is 13.8 Å². The first-order chi connectivity index (χ1) is 12.4. The van der Waals surface area contributed by atoms with Crippen LogP contribution in [0.3, 0.4) is 0 Å². The van der Waals surface area contributed by atoms with Crippen LogP contribution in [-0.4, -0.2) is 25.6 Å². The second-order valence-corrected chi connectivity index (χ2v) is 6.72. The molecule has 10 heteroatoms. The summed E-state index contributed by atoms with van der Waals surface area (Å²) in [5, 5.41) is 6.92. The molecule has 3 aromatic heterocycles. The molecule has 0 spiro atoms. The number of aryl methyl sites for hydroxylation is 3. The van der Waals surface area contributed by atoms with Crippen LogP contribution in [0.15, 0.2) is 16.9 Å². The molecule has 0 saturated heterocycles. The van der Waals surface area contributed by atoms with Gasteiger partial charge in [0.25, 0.3) is 0 Å². The molecule has 26 heavy (non-hydrogen) atoms. The van der Waals surface area contributed by atoms with Crippen LogP contribution < -0.4 is 5.32 Å². The van der Waals surface area contributed by atoms with Crippen molar-refractivity contribution in [1.82, 2.24) is 19.7 Å². The van der Waals surface area contributed by atoms with Crippen LogP contribution in [0.2, 0.25) is 0 Å². The summed E-state index contributed by atoms with van der Waals surface area (Å²) in [6.07, 6.45) is 3.26. The molecule has 3 rings (SSSR count). The van der Waals surface area contributed by atoms with E-state index in [9.17, 15) is 13.6 Å². The first-order valence-electron chi connectivity index (χ1n) is 7.87. The number of nitrogens with zero attached hydrogens (tertiary/aromatic N) is 4. The lowest BCUT2D eigenvalue weighted by Crippen LogP contribution is -2.12. The van der Waals surface area contributed by atoms with E-state index < -0.39 is 6.55 Å². The normalized spacial score (nSPS) is 11.3. The molecule has 0 unspecified atom stereocenters. The highest BCUT2D eigenvalue weighted by atomic mass is 32.1. The van der Waals surface area contributed by atoms with Crippen molar-refractivity contribution in [2.75, 3.05) is 5.32 Å². The minimum Gasteiger partial charge on any atom is -0.361 e. The zero-order valence-corrected chi connectivity index (χ0v) is 15.2. The second kappa shape index (κ2) is 7.32. The molecule has 7 nitrogen and oxygen atoms in total. The summed E-state index contributed by atoms with van der Waals surface area (Å²) in [6, 6.07) is 0. The SMILES string of the molecule is Cc1nc(NC(=O)CCc2c(C)noc2C)sc1-c1nccn1C(F)F. The first-order valence-corrected chi connectivity index (χ1v) is 8.69. The van der Waals surface area contributed by atoms with Gasteiger partial charge in [0.05, 0.1) is 16.3 Å². The number of hydrogen-bond donors (Lipinski definition) is 1. The fraction of sp³-hybridized carbons (Fsp3) is 0.375. The Labute approximate surface area is 152 Å². The topological polar surface area (TPSA) is 85.8 Å². The average Bonchev–Trinajstić information content (AvgIpc) is 3.26. The molecule has 1 N–H and O–H groups in total. The Morgan fingerprint density at radius 1 is 1.35 bits per heavy atom. The van der Waals surface area contributed by atoms with Crippen LogP contribution in [0.25, 0.3) is 10.7 Å². The predicted molar refractivity (Wildman–Crippen MR) is 92.3 cm³/mol. The molecular weight excluding hydrogens is 364 g/mol. The minimum absolute atomic E-state index is 0.131. The number of rotatable bonds is 6. The number of alkyl halides is 2. The summed E-state index contributed by atoms with van der Waals surface area (Å²) in [6.45, 7) is 2.62. The Bertz CT molecular complexity index is 912. The molecule has 138 valence electrons. The molecule has 0 aliphatic heterocycles. The number of anilines is 1. The molecule has 1 amide bonds. The zero-order valence-electron chi connectivity index (χ0n) is 14.4. The quantitative estimate of drug-likeness (QED) is 0.700. The van der Waals surface area contributed by atoms with Crippen molar-refractivity contribution in [3.63, 3.8) is 0 Å². The van der Waals surface area contributed by atoms with E-state index in [1.165, 1.54) is 12.4 Å². The second-order valence-electron chi connectivity index (χ2n) is 5.72. The van der Waals surface area contributed by atoms with E-state index in [-0.39, 0.29) is 18.2 Å². The summed E-state index contributed by atoms with van der Waals surface area (Å²) in [5.74, 6) is 0.607. The van der Waals surface area contributed by atoms with Gasteiger partial charge in [0.2, 0.25) is 5.91 Å². The standard InChI is InChI=1S/C16H17F2N5O2S/c1-8-11(10(3)25-22-8)4-5-12(24)21-16-20-9(2)13(26-16)14-19-6-7-23(14)15(17)18/h6-7,15H,4-5H2,1-3H3,(H,20,21,24). The van der Waals surface area contributed by atoms with Gasteiger partial charge in [-0.3, -0.25) is 9.36 Å². The highest BCUT2D eigenvalue weighted by Gasteiger charge is 2.19. The van der Waals surface area contributed by atoms with Gasteiger partial charge in [-0.05, 0) is 27.2 Å². The highest BCUT2D eigenvalue weighted by Crippen LogP contribution is 2.33. The molecule has 0 aromatic carbocycles. The number of halogens is 2. The van der Waals surface area contributed by atoms with Crippen LogP contribution in [0.1, 0.15) is 35.7 Å². The predicted octanol–water partition coefficient (Wildman–Crippen LogP) is 3.89. The number of nitrogens with one attached hydrogen (secondary N) is 1. The van der Waals surface area contributed by atoms with Crippen LogP contribution in [0.5, 0.6) is 0 Å². The maximum atomic E-state index is 13.0. The molecule has 0 aliphatic rings. The Hall–Kier alpha value is -2.62. The van der Waals surface area contributed by atoms with Gasteiger partial charge >= 0.3 is 6.55 Å². The van der Waals surface area contributed by atoms with E-state index >= 15 is 0 Å². The van der Waals surface area contributed by atoms with Crippen molar-refractivity contribution in [1.29, 1.82) is 0 Å². The van der Waals surface area contributed by atoms with Crippen molar-refractivity contribution in [3.8, 4) is 10.7 Å². The average molecular weight is 381 g/mol. The number of aromatic nitrogens is 4. The maximum Gasteiger partial charge on any atom is 0.320 e. The van der Waals surface area contributed by atoms with Gasteiger partial charge in [-0.25, -0.2) is 9.97 Å². The fourth-order valence-corrected chi connectivity index (χ4v) is 3.57. The number of hydrogen-bond acceptors (Lipinski definition) is 6. The summed E-state index contributed by atoms with van der Waals surface area (Å²) >= 11 is 1.12. The third kappa shape index (κ3) is 3.64. The molecule has 0 aliphatic carbocycles. The lowest BCUT2D eigenvalue weighted by molar-refractivity contribution is -0.116. The van der Waals surface area contributed by atoms with Crippen molar-refractivity contribution in [3.05, 3.63) is 35.1 Å². The van der Waals surface area contributed by atoms with Crippen molar-refractivity contribution >= 4 is 22.4 Å². The molecule has 3 heterocycles. The van der Waals surface area contributed by atoms with Gasteiger partial charge in [0.1, 0.15) is 5.76 Å². The lowest BCUT2D eigenvalue weighted by Gasteiger charge is -2.04. The molecule has 0 radical (unpaired) electrons. The van der Waals surface area contributed by atoms with Crippen LogP contribution in [0, 0.1) is 20.8 Å². The molecule has 0 bridgehead atoms. The Balaban J connectivity index is 1.69. The van der Waals surface area contributed by atoms with E-state index in [0.29, 0.717) is 27.9 Å². The minimum atomic E-state index is -2.69. The summed E-state index contributed by atoms with van der Waals surface area (Å²) in [5.41, 5.74) is 2.21. The molecule has 3 aromatic rings. The largest absolute Gasteiger partial charge is 0.361 e. The Morgan fingerprint density at radius 3 is 2.77 bits per heavy atom. The highest BCUT2D eigenvalue weighted by molar-refractivity contribution is 7.19. The lowest BCUT2D eigenvalue weighted by atomic mass is 10.1. The molecule has 0 fully saturated rings. The molecule has 0 atom stereocenters. The van der Waals surface area contributed by atoms with Gasteiger partial charge in [0.15, 0.2) is 11.0 Å². The number of carbonyl (C=O) groups is 1. The van der Waals surface area contributed by atoms with Gasteiger partial charge in [-0.1, -0.05) is 16.5 Å². The van der Waals surface area contributed by atoms with E-state index in [2.05, 4.69) is 20.4 Å². The zero-order chi connectivity index (χ0) is 18.8. The summed E-state index contributed by atoms with van der Waals surface area (Å²) in [7, 11) is 0. The van der Waals surface area contributed by atoms with Crippen molar-refractivity contribution in [2.24, 2.45) is 0 Å². The van der Waals surface area contributed by atoms with Crippen LogP contribution in [0.4, 0.5) is 13.9 Å². The number of thiazole rings is 1. The van der Waals surface area contributed by atoms with E-state index in [0.717, 1.165) is 27.2 Å². The monoisotopic (exact) mass is 381 g/mol. The summed E-state index contributed by atoms with van der Waals surface area (Å²) < 4.78 is 31.9. The number of amides is 1. The molecular formula is C16H17F2N5O2S. The summed E-state index contributed by atoms with van der Waals surface area (Å²) in [4.78, 5) is 20.9. The maximum absolute atomic E-state index is 13.0. The molecule has 0 saturated carbocycles. The van der Waals surface area contributed by atoms with E-state index in [1.807, 2.05) is 6.92 Å². The van der Waals surface area contributed by atoms with Crippen molar-refractivity contribution < 1.29 is 18.1 Å². The smallest absolute Gasteiger partial charge is 0.320 e. The van der Waals surface area contributed by atoms with Crippen LogP contribution >= 0.6 is 11.3 Å². The fourth-order valence-electron chi connectivity index (χ4n) is 2.58. The third-order valence-electron chi connectivity index (χ3n) is 3.91. The van der Waals surface area contributed by atoms with Gasteiger partial charge in [-0.2, -0.15) is 8.78 Å². The van der Waals surface area contributed by atoms with Crippen molar-refractivity contribution in [2.45, 2.75) is 40.2 Å². The van der Waals surface area contributed by atoms with Gasteiger partial charge in [-0.15, -0.1) is 0 Å². The first kappa shape index (κ1) is 18.2. The number of imidazole rings is 1. The van der Waals surface area contributed by atoms with E-state index in [4.69, 9.17) is 4.52 Å². The third-order valence-corrected chi connectivity index (χ3v) is 4.98. The Morgan fingerprint density at radius 2 is 2.12 bits per heavy atom. The number of carbonyl (C=O) groups excluding carboxylic acids is 1. The Kier molecular flexibility index (Phi) is 5.12. The van der Waals surface area contributed by atoms with Gasteiger partial charge in [0, 0.05) is 24.4 Å². The van der Waals surface area contributed by atoms with Gasteiger partial charge < -0.3 is 9.84 Å². The van der Waals surface area contributed by atoms with Crippen LogP contribution in [-0.2, 0) is 11.2 Å².